The van der Waals surface area contributed by atoms with Gasteiger partial charge in [-0.1, -0.05) is 18.2 Å². The van der Waals surface area contributed by atoms with E-state index in [0.717, 1.165) is 18.1 Å². The highest BCUT2D eigenvalue weighted by Crippen LogP contribution is 2.21. The first-order valence-electron chi connectivity index (χ1n) is 4.18. The van der Waals surface area contributed by atoms with Gasteiger partial charge in [0.15, 0.2) is 0 Å². The van der Waals surface area contributed by atoms with Crippen molar-refractivity contribution in [3.63, 3.8) is 0 Å². The van der Waals surface area contributed by atoms with Gasteiger partial charge in [0.1, 0.15) is 0 Å². The highest BCUT2D eigenvalue weighted by atomic mass is 28.3. The van der Waals surface area contributed by atoms with Crippen LogP contribution in [0.1, 0.15) is 0 Å². The van der Waals surface area contributed by atoms with Crippen LogP contribution < -0.4 is 0 Å². The molecule has 1 N–H and O–H groups in total. The van der Waals surface area contributed by atoms with Gasteiger partial charge in [0.2, 0.25) is 0 Å². The van der Waals surface area contributed by atoms with E-state index in [1.165, 1.54) is 0 Å². The Bertz CT molecular complexity index is 137. The van der Waals surface area contributed by atoms with Crippen LogP contribution in [-0.2, 0) is 0 Å². The van der Waals surface area contributed by atoms with Crippen LogP contribution in [0.5, 0.6) is 0 Å². The Hall–Kier alpha value is -0.603. The van der Waals surface area contributed by atoms with Crippen LogP contribution in [0.4, 0.5) is 0 Å². The van der Waals surface area contributed by atoms with E-state index in [9.17, 15) is 5.11 Å². The van der Waals surface area contributed by atoms with E-state index < -0.39 is 8.07 Å². The number of aliphatic hydroxyl groups excluding tert-OH is 1. The van der Waals surface area contributed by atoms with Crippen LogP contribution in [-0.4, -0.2) is 19.4 Å². The normalized spacial score (nSPS) is 10.8. The molecule has 0 aliphatic rings. The van der Waals surface area contributed by atoms with Crippen LogP contribution >= 0.6 is 0 Å². The zero-order valence-corrected chi connectivity index (χ0v) is 8.63. The van der Waals surface area contributed by atoms with Gasteiger partial charge in [-0.2, -0.15) is 0 Å². The molecular formula is C10H18OSi. The summed E-state index contributed by atoms with van der Waals surface area (Å²) in [5, 5.41) is 9.29. The Balaban J connectivity index is 4.35. The van der Waals surface area contributed by atoms with Gasteiger partial charge in [-0.15, -0.1) is 19.7 Å². The molecule has 0 unspecified atom stereocenters. The Morgan fingerprint density at radius 1 is 0.917 bits per heavy atom. The fraction of sp³-hybridized carbons (Fsp3) is 0.400. The van der Waals surface area contributed by atoms with E-state index in [1.807, 2.05) is 18.2 Å². The molecule has 0 heterocycles. The molecular weight excluding hydrogens is 164 g/mol. The van der Waals surface area contributed by atoms with Gasteiger partial charge in [0, 0.05) is 6.23 Å². The maximum atomic E-state index is 9.29. The average Bonchev–Trinajstić information content (AvgIpc) is 2.06. The van der Waals surface area contributed by atoms with E-state index >= 15 is 0 Å². The second kappa shape index (κ2) is 5.97. The van der Waals surface area contributed by atoms with E-state index in [1.54, 1.807) is 0 Å². The Kier molecular flexibility index (Phi) is 5.67. The minimum atomic E-state index is -1.57. The van der Waals surface area contributed by atoms with E-state index in [4.69, 9.17) is 0 Å². The summed E-state index contributed by atoms with van der Waals surface area (Å²) in [4.78, 5) is 0. The summed E-state index contributed by atoms with van der Waals surface area (Å²) in [5.74, 6) is 0. The fourth-order valence-corrected chi connectivity index (χ4v) is 4.09. The minimum absolute atomic E-state index is 0.303. The van der Waals surface area contributed by atoms with Gasteiger partial charge in [-0.05, 0) is 18.1 Å². The number of hydrogen-bond acceptors (Lipinski definition) is 1. The zero-order valence-electron chi connectivity index (χ0n) is 7.63. The lowest BCUT2D eigenvalue weighted by molar-refractivity contribution is 0.357. The van der Waals surface area contributed by atoms with Gasteiger partial charge >= 0.3 is 0 Å². The minimum Gasteiger partial charge on any atom is -0.400 e. The molecule has 0 amide bonds. The SMILES string of the molecule is C=CC[Si](CO)(CC=C)CC=C. The smallest absolute Gasteiger partial charge is 0.0943 e. The molecule has 2 heteroatoms. The topological polar surface area (TPSA) is 20.2 Å². The zero-order chi connectivity index (χ0) is 9.45. The Labute approximate surface area is 76.1 Å². The summed E-state index contributed by atoms with van der Waals surface area (Å²) in [7, 11) is -1.57. The highest BCUT2D eigenvalue weighted by Gasteiger charge is 2.27. The van der Waals surface area contributed by atoms with Crippen molar-refractivity contribution < 1.29 is 5.11 Å². The third kappa shape index (κ3) is 3.20. The lowest BCUT2D eigenvalue weighted by Crippen LogP contribution is -2.37. The second-order valence-corrected chi connectivity index (χ2v) is 7.68. The van der Waals surface area contributed by atoms with E-state index in [0.29, 0.717) is 6.23 Å². The molecule has 12 heavy (non-hydrogen) atoms. The third-order valence-corrected chi connectivity index (χ3v) is 6.20. The molecule has 0 bridgehead atoms. The molecule has 0 aromatic carbocycles. The highest BCUT2D eigenvalue weighted by molar-refractivity contribution is 6.80. The van der Waals surface area contributed by atoms with Crippen molar-refractivity contribution in [3.05, 3.63) is 38.0 Å². The largest absolute Gasteiger partial charge is 0.400 e. The average molecular weight is 182 g/mol. The monoisotopic (exact) mass is 182 g/mol. The van der Waals surface area contributed by atoms with Crippen LogP contribution in [0.15, 0.2) is 38.0 Å². The van der Waals surface area contributed by atoms with Crippen LogP contribution in [0.2, 0.25) is 18.1 Å². The molecule has 0 spiro atoms. The lowest BCUT2D eigenvalue weighted by atomic mass is 10.7. The predicted molar refractivity (Wildman–Crippen MR) is 57.9 cm³/mol. The van der Waals surface area contributed by atoms with Crippen molar-refractivity contribution in [1.82, 2.24) is 0 Å². The van der Waals surface area contributed by atoms with Gasteiger partial charge in [0.25, 0.3) is 0 Å². The molecule has 1 nitrogen and oxygen atoms in total. The van der Waals surface area contributed by atoms with Crippen molar-refractivity contribution in [2.75, 3.05) is 6.23 Å². The quantitative estimate of drug-likeness (QED) is 0.474. The summed E-state index contributed by atoms with van der Waals surface area (Å²) in [6.45, 7) is 11.1. The van der Waals surface area contributed by atoms with E-state index in [-0.39, 0.29) is 0 Å². The standard InChI is InChI=1S/C10H18OSi/c1-4-7-12(10-11,8-5-2)9-6-3/h4-6,11H,1-3,7-10H2. The number of allylic oxidation sites excluding steroid dienone is 3. The molecule has 0 saturated carbocycles. The molecule has 0 aliphatic carbocycles. The molecule has 68 valence electrons. The summed E-state index contributed by atoms with van der Waals surface area (Å²) in [5.41, 5.74) is 0. The van der Waals surface area contributed by atoms with Crippen LogP contribution in [0, 0.1) is 0 Å². The first-order chi connectivity index (χ1) is 5.74. The Morgan fingerprint density at radius 2 is 1.25 bits per heavy atom. The van der Waals surface area contributed by atoms with Crippen LogP contribution in [0.25, 0.3) is 0 Å². The lowest BCUT2D eigenvalue weighted by Gasteiger charge is -2.25. The molecule has 0 rings (SSSR count). The van der Waals surface area contributed by atoms with Crippen molar-refractivity contribution >= 4 is 8.07 Å². The second-order valence-electron chi connectivity index (χ2n) is 3.14. The maximum Gasteiger partial charge on any atom is 0.0943 e. The number of rotatable bonds is 7. The fourth-order valence-electron chi connectivity index (χ4n) is 1.36. The summed E-state index contributed by atoms with van der Waals surface area (Å²) in [6.07, 6.45) is 6.00. The summed E-state index contributed by atoms with van der Waals surface area (Å²) in [6, 6.07) is 2.84. The summed E-state index contributed by atoms with van der Waals surface area (Å²) < 4.78 is 0. The molecule has 0 aliphatic heterocycles. The van der Waals surface area contributed by atoms with Crippen LogP contribution in [0.3, 0.4) is 0 Å². The molecule has 0 fully saturated rings. The number of aliphatic hydroxyl groups is 1. The number of hydrogen-bond donors (Lipinski definition) is 1. The molecule has 0 aromatic rings. The molecule has 0 aromatic heterocycles. The third-order valence-electron chi connectivity index (χ3n) is 2.07. The van der Waals surface area contributed by atoms with Crippen molar-refractivity contribution in [2.45, 2.75) is 18.1 Å². The van der Waals surface area contributed by atoms with Gasteiger partial charge < -0.3 is 5.11 Å². The van der Waals surface area contributed by atoms with Crippen molar-refractivity contribution in [3.8, 4) is 0 Å². The summed E-state index contributed by atoms with van der Waals surface area (Å²) >= 11 is 0. The molecule has 0 saturated heterocycles. The van der Waals surface area contributed by atoms with Gasteiger partial charge in [-0.25, -0.2) is 0 Å². The van der Waals surface area contributed by atoms with Crippen molar-refractivity contribution in [1.29, 1.82) is 0 Å². The van der Waals surface area contributed by atoms with Gasteiger partial charge in [0.05, 0.1) is 8.07 Å². The van der Waals surface area contributed by atoms with Crippen molar-refractivity contribution in [2.24, 2.45) is 0 Å². The first-order valence-corrected chi connectivity index (χ1v) is 7.01. The molecule has 0 radical (unpaired) electrons. The molecule has 0 atom stereocenters. The van der Waals surface area contributed by atoms with Gasteiger partial charge in [-0.3, -0.25) is 0 Å². The maximum absolute atomic E-state index is 9.29. The Morgan fingerprint density at radius 3 is 1.42 bits per heavy atom. The van der Waals surface area contributed by atoms with E-state index in [2.05, 4.69) is 19.7 Å². The predicted octanol–water partition coefficient (Wildman–Crippen LogP) is 2.52. The first kappa shape index (κ1) is 11.4.